The van der Waals surface area contributed by atoms with E-state index in [-0.39, 0.29) is 0 Å². The first kappa shape index (κ1) is 13.4. The lowest BCUT2D eigenvalue weighted by Crippen LogP contribution is -2.40. The molecule has 2 fully saturated rings. The molecule has 0 atom stereocenters. The Morgan fingerprint density at radius 3 is 1.76 bits per heavy atom. The predicted molar refractivity (Wildman–Crippen MR) is 76.0 cm³/mol. The lowest BCUT2D eigenvalue weighted by atomic mass is 9.53. The molecule has 100 valence electrons. The average Bonchev–Trinajstić information content (AvgIpc) is 2.17. The van der Waals surface area contributed by atoms with Crippen molar-refractivity contribution in [3.63, 3.8) is 0 Å². The Bertz CT molecular complexity index is 222. The van der Waals surface area contributed by atoms with Crippen LogP contribution in [0.1, 0.15) is 79.1 Å². The lowest BCUT2D eigenvalue weighted by Gasteiger charge is -2.52. The average molecular weight is 236 g/mol. The molecule has 0 nitrogen and oxygen atoms in total. The first-order valence-electron chi connectivity index (χ1n) is 7.99. The SMILES string of the molecule is CC(C)CC1CCC2(CC1)CC(CC(C)C)C2. The fourth-order valence-electron chi connectivity index (χ4n) is 4.60. The van der Waals surface area contributed by atoms with E-state index in [9.17, 15) is 0 Å². The molecule has 0 aromatic carbocycles. The van der Waals surface area contributed by atoms with Gasteiger partial charge in [0.2, 0.25) is 0 Å². The zero-order valence-corrected chi connectivity index (χ0v) is 12.5. The summed E-state index contributed by atoms with van der Waals surface area (Å²) in [6.07, 6.45) is 12.3. The molecule has 0 unspecified atom stereocenters. The Hall–Kier alpha value is 0. The van der Waals surface area contributed by atoms with Crippen LogP contribution < -0.4 is 0 Å². The predicted octanol–water partition coefficient (Wildman–Crippen LogP) is 5.67. The fourth-order valence-corrected chi connectivity index (χ4v) is 4.60. The van der Waals surface area contributed by atoms with Gasteiger partial charge >= 0.3 is 0 Å². The molecule has 0 radical (unpaired) electrons. The molecule has 0 aliphatic heterocycles. The van der Waals surface area contributed by atoms with E-state index >= 15 is 0 Å². The van der Waals surface area contributed by atoms with Crippen LogP contribution in [0.15, 0.2) is 0 Å². The molecule has 2 aliphatic rings. The van der Waals surface area contributed by atoms with E-state index in [1.54, 1.807) is 25.7 Å². The van der Waals surface area contributed by atoms with Gasteiger partial charge in [-0.15, -0.1) is 0 Å². The van der Waals surface area contributed by atoms with Gasteiger partial charge in [-0.25, -0.2) is 0 Å². The molecule has 0 aromatic heterocycles. The third kappa shape index (κ3) is 3.48. The maximum absolute atomic E-state index is 2.38. The smallest absolute Gasteiger partial charge is 0.0292 e. The third-order valence-electron chi connectivity index (χ3n) is 5.22. The number of rotatable bonds is 4. The first-order valence-corrected chi connectivity index (χ1v) is 7.99. The summed E-state index contributed by atoms with van der Waals surface area (Å²) in [7, 11) is 0. The monoisotopic (exact) mass is 236 g/mol. The molecule has 2 aliphatic carbocycles. The van der Waals surface area contributed by atoms with Gasteiger partial charge in [-0.1, -0.05) is 27.7 Å². The Morgan fingerprint density at radius 1 is 0.824 bits per heavy atom. The van der Waals surface area contributed by atoms with Crippen molar-refractivity contribution in [3.8, 4) is 0 Å². The van der Waals surface area contributed by atoms with Gasteiger partial charge in [0.15, 0.2) is 0 Å². The molecular formula is C17H32. The topological polar surface area (TPSA) is 0 Å². The first-order chi connectivity index (χ1) is 7.99. The summed E-state index contributed by atoms with van der Waals surface area (Å²) in [5.74, 6) is 3.96. The standard InChI is InChI=1S/C17H32/c1-13(2)9-15-5-7-17(8-6-15)11-16(12-17)10-14(3)4/h13-16H,5-12H2,1-4H3. The molecule has 0 heteroatoms. The van der Waals surface area contributed by atoms with E-state index in [1.807, 2.05) is 0 Å². The van der Waals surface area contributed by atoms with Crippen LogP contribution in [0.5, 0.6) is 0 Å². The van der Waals surface area contributed by atoms with E-state index in [4.69, 9.17) is 0 Å². The zero-order valence-electron chi connectivity index (χ0n) is 12.5. The summed E-state index contributed by atoms with van der Waals surface area (Å²) in [4.78, 5) is 0. The van der Waals surface area contributed by atoms with Crippen molar-refractivity contribution >= 4 is 0 Å². The van der Waals surface area contributed by atoms with Gasteiger partial charge in [0.25, 0.3) is 0 Å². The van der Waals surface area contributed by atoms with Crippen molar-refractivity contribution in [2.24, 2.45) is 29.1 Å². The summed E-state index contributed by atoms with van der Waals surface area (Å²) in [6.45, 7) is 9.52. The molecule has 1 spiro atoms. The fraction of sp³-hybridized carbons (Fsp3) is 1.00. The van der Waals surface area contributed by atoms with Crippen molar-refractivity contribution in [1.82, 2.24) is 0 Å². The van der Waals surface area contributed by atoms with E-state index < -0.39 is 0 Å². The highest BCUT2D eigenvalue weighted by molar-refractivity contribution is 4.96. The quantitative estimate of drug-likeness (QED) is 0.590. The van der Waals surface area contributed by atoms with Crippen molar-refractivity contribution < 1.29 is 0 Å². The number of hydrogen-bond acceptors (Lipinski definition) is 0. The second-order valence-electron chi connectivity index (χ2n) is 7.98. The summed E-state index contributed by atoms with van der Waals surface area (Å²) >= 11 is 0. The molecule has 2 saturated carbocycles. The second kappa shape index (κ2) is 5.33. The summed E-state index contributed by atoms with van der Waals surface area (Å²) in [5.41, 5.74) is 0.826. The van der Waals surface area contributed by atoms with Crippen molar-refractivity contribution in [2.75, 3.05) is 0 Å². The van der Waals surface area contributed by atoms with Crippen molar-refractivity contribution in [3.05, 3.63) is 0 Å². The maximum atomic E-state index is 2.38. The van der Waals surface area contributed by atoms with Crippen LogP contribution in [0.3, 0.4) is 0 Å². The highest BCUT2D eigenvalue weighted by Gasteiger charge is 2.45. The molecule has 0 aromatic rings. The summed E-state index contributed by atoms with van der Waals surface area (Å²) in [6, 6.07) is 0. The Labute approximate surface area is 109 Å². The Kier molecular flexibility index (Phi) is 4.21. The third-order valence-corrected chi connectivity index (χ3v) is 5.22. The summed E-state index contributed by atoms with van der Waals surface area (Å²) < 4.78 is 0. The van der Waals surface area contributed by atoms with Gasteiger partial charge in [0.1, 0.15) is 0 Å². The molecule has 0 N–H and O–H groups in total. The molecule has 2 rings (SSSR count). The molecule has 0 heterocycles. The van der Waals surface area contributed by atoms with Crippen molar-refractivity contribution in [1.29, 1.82) is 0 Å². The Morgan fingerprint density at radius 2 is 1.29 bits per heavy atom. The van der Waals surface area contributed by atoms with Gasteiger partial charge in [0, 0.05) is 0 Å². The molecule has 0 saturated heterocycles. The van der Waals surface area contributed by atoms with Gasteiger partial charge in [-0.2, -0.15) is 0 Å². The molecule has 17 heavy (non-hydrogen) atoms. The largest absolute Gasteiger partial charge is 0.0628 e. The van der Waals surface area contributed by atoms with Crippen LogP contribution >= 0.6 is 0 Å². The van der Waals surface area contributed by atoms with Gasteiger partial charge in [-0.05, 0) is 80.5 Å². The zero-order chi connectivity index (χ0) is 12.5. The summed E-state index contributed by atoms with van der Waals surface area (Å²) in [5, 5.41) is 0. The lowest BCUT2D eigenvalue weighted by molar-refractivity contribution is -0.0107. The van der Waals surface area contributed by atoms with Crippen LogP contribution in [0.2, 0.25) is 0 Å². The van der Waals surface area contributed by atoms with Gasteiger partial charge in [-0.3, -0.25) is 0 Å². The highest BCUT2D eigenvalue weighted by atomic mass is 14.5. The van der Waals surface area contributed by atoms with Crippen LogP contribution in [-0.2, 0) is 0 Å². The van der Waals surface area contributed by atoms with E-state index in [0.29, 0.717) is 0 Å². The van der Waals surface area contributed by atoms with Crippen LogP contribution in [0, 0.1) is 29.1 Å². The molecule has 0 bridgehead atoms. The van der Waals surface area contributed by atoms with E-state index in [0.717, 1.165) is 29.1 Å². The molecular weight excluding hydrogens is 204 g/mol. The number of hydrogen-bond donors (Lipinski definition) is 0. The van der Waals surface area contributed by atoms with Gasteiger partial charge < -0.3 is 0 Å². The van der Waals surface area contributed by atoms with Crippen LogP contribution in [0.4, 0.5) is 0 Å². The van der Waals surface area contributed by atoms with Crippen LogP contribution in [0.25, 0.3) is 0 Å². The minimum absolute atomic E-state index is 0.826. The minimum atomic E-state index is 0.826. The van der Waals surface area contributed by atoms with E-state index in [2.05, 4.69) is 27.7 Å². The maximum Gasteiger partial charge on any atom is -0.0292 e. The van der Waals surface area contributed by atoms with Crippen molar-refractivity contribution in [2.45, 2.75) is 79.1 Å². The van der Waals surface area contributed by atoms with Gasteiger partial charge in [0.05, 0.1) is 0 Å². The Balaban J connectivity index is 1.70. The molecule has 0 amide bonds. The minimum Gasteiger partial charge on any atom is -0.0628 e. The second-order valence-corrected chi connectivity index (χ2v) is 7.98. The van der Waals surface area contributed by atoms with Crippen LogP contribution in [-0.4, -0.2) is 0 Å². The normalized spacial score (nSPS) is 37.8. The van der Waals surface area contributed by atoms with E-state index in [1.165, 1.54) is 25.7 Å². The highest BCUT2D eigenvalue weighted by Crippen LogP contribution is 2.57.